The van der Waals surface area contributed by atoms with Crippen molar-refractivity contribution in [1.29, 1.82) is 0 Å². The molecule has 0 bridgehead atoms. The van der Waals surface area contributed by atoms with E-state index >= 15 is 0 Å². The highest BCUT2D eigenvalue weighted by atomic mass is 32.1. The molecule has 2 aliphatic rings. The molecule has 14 nitrogen and oxygen atoms in total. The van der Waals surface area contributed by atoms with Gasteiger partial charge in [-0.1, -0.05) is 11.3 Å². The van der Waals surface area contributed by atoms with Gasteiger partial charge in [-0.25, -0.2) is 9.78 Å². The van der Waals surface area contributed by atoms with Gasteiger partial charge in [0.05, 0.1) is 38.4 Å². The number of esters is 2. The Hall–Kier alpha value is -4.01. The summed E-state index contributed by atoms with van der Waals surface area (Å²) < 4.78 is 10.3. The van der Waals surface area contributed by atoms with Crippen molar-refractivity contribution in [1.82, 2.24) is 25.6 Å². The normalized spacial score (nSPS) is 15.6. The average molecular weight is 547 g/mol. The number of thiazole rings is 1. The Labute approximate surface area is 223 Å². The molecule has 2 aromatic heterocycles. The number of anilines is 4. The Kier molecular flexibility index (Phi) is 8.55. The van der Waals surface area contributed by atoms with Crippen LogP contribution in [-0.4, -0.2) is 91.2 Å². The summed E-state index contributed by atoms with van der Waals surface area (Å²) in [4.78, 5) is 67.0. The predicted molar refractivity (Wildman–Crippen MR) is 139 cm³/mol. The van der Waals surface area contributed by atoms with E-state index in [1.807, 2.05) is 0 Å². The predicted octanol–water partition coefficient (Wildman–Crippen LogP) is 0.140. The SMILES string of the molecule is CCOC(=O)Cc1c(N2CCNC(=O)C2)nc(Nc2nc(C)c(C(=O)OCC)s2)nc1N1CCNC(=O)C1. The van der Waals surface area contributed by atoms with Crippen LogP contribution in [-0.2, 0) is 30.3 Å². The number of hydrogen-bond acceptors (Lipinski definition) is 13. The fourth-order valence-corrected chi connectivity index (χ4v) is 4.98. The minimum Gasteiger partial charge on any atom is -0.466 e. The molecule has 0 saturated carbocycles. The summed E-state index contributed by atoms with van der Waals surface area (Å²) in [6.45, 7) is 7.39. The largest absolute Gasteiger partial charge is 0.466 e. The molecule has 204 valence electrons. The molecule has 2 aromatic rings. The molecule has 15 heteroatoms. The number of ether oxygens (including phenoxy) is 2. The van der Waals surface area contributed by atoms with Gasteiger partial charge in [0.2, 0.25) is 17.8 Å². The number of carbonyl (C=O) groups is 4. The van der Waals surface area contributed by atoms with Crippen LogP contribution in [0.2, 0.25) is 0 Å². The topological polar surface area (TPSA) is 168 Å². The summed E-state index contributed by atoms with van der Waals surface area (Å²) in [6, 6.07) is 0. The van der Waals surface area contributed by atoms with E-state index in [1.54, 1.807) is 30.6 Å². The minimum absolute atomic E-state index is 0.0373. The van der Waals surface area contributed by atoms with Crippen LogP contribution >= 0.6 is 11.3 Å². The summed E-state index contributed by atoms with van der Waals surface area (Å²) >= 11 is 1.10. The van der Waals surface area contributed by atoms with E-state index in [0.717, 1.165) is 11.3 Å². The smallest absolute Gasteiger partial charge is 0.350 e. The molecular formula is C23H30N8O6S. The first kappa shape index (κ1) is 27.0. The minimum atomic E-state index is -0.475. The van der Waals surface area contributed by atoms with Gasteiger partial charge in [0, 0.05) is 31.7 Å². The number of piperazine rings is 2. The van der Waals surface area contributed by atoms with E-state index in [0.29, 0.717) is 59.1 Å². The second-order valence-electron chi connectivity index (χ2n) is 8.48. The molecule has 2 saturated heterocycles. The van der Waals surface area contributed by atoms with E-state index in [4.69, 9.17) is 9.47 Å². The lowest BCUT2D eigenvalue weighted by molar-refractivity contribution is -0.142. The maximum absolute atomic E-state index is 12.6. The third kappa shape index (κ3) is 6.27. The van der Waals surface area contributed by atoms with Gasteiger partial charge in [-0.2, -0.15) is 9.97 Å². The van der Waals surface area contributed by atoms with Crippen molar-refractivity contribution in [2.24, 2.45) is 0 Å². The summed E-state index contributed by atoms with van der Waals surface area (Å²) in [5, 5.41) is 8.99. The molecule has 0 radical (unpaired) electrons. The molecule has 0 atom stereocenters. The number of aryl methyl sites for hydroxylation is 1. The summed E-state index contributed by atoms with van der Waals surface area (Å²) in [5.74, 6) is -0.405. The zero-order chi connectivity index (χ0) is 27.2. The first-order chi connectivity index (χ1) is 18.3. The maximum atomic E-state index is 12.6. The molecule has 2 amide bonds. The quantitative estimate of drug-likeness (QED) is 0.364. The fourth-order valence-electron chi connectivity index (χ4n) is 4.12. The van der Waals surface area contributed by atoms with Crippen molar-refractivity contribution in [3.63, 3.8) is 0 Å². The molecule has 4 heterocycles. The van der Waals surface area contributed by atoms with Crippen LogP contribution in [0.3, 0.4) is 0 Å². The lowest BCUT2D eigenvalue weighted by atomic mass is 10.1. The first-order valence-corrected chi connectivity index (χ1v) is 13.1. The first-order valence-electron chi connectivity index (χ1n) is 12.3. The molecule has 2 fully saturated rings. The number of nitrogens with zero attached hydrogens (tertiary/aromatic N) is 5. The van der Waals surface area contributed by atoms with Crippen molar-refractivity contribution < 1.29 is 28.7 Å². The maximum Gasteiger partial charge on any atom is 0.350 e. The van der Waals surface area contributed by atoms with E-state index < -0.39 is 11.9 Å². The van der Waals surface area contributed by atoms with Crippen LogP contribution in [0, 0.1) is 6.92 Å². The highest BCUT2D eigenvalue weighted by molar-refractivity contribution is 7.17. The molecule has 0 spiro atoms. The Morgan fingerprint density at radius 3 is 2.05 bits per heavy atom. The highest BCUT2D eigenvalue weighted by Crippen LogP contribution is 2.33. The van der Waals surface area contributed by atoms with Gasteiger partial charge in [0.25, 0.3) is 0 Å². The van der Waals surface area contributed by atoms with Crippen LogP contribution in [0.15, 0.2) is 0 Å². The van der Waals surface area contributed by atoms with Gasteiger partial charge in [-0.3, -0.25) is 19.7 Å². The molecule has 4 rings (SSSR count). The van der Waals surface area contributed by atoms with Gasteiger partial charge >= 0.3 is 11.9 Å². The van der Waals surface area contributed by atoms with Crippen LogP contribution in [0.25, 0.3) is 0 Å². The number of nitrogens with one attached hydrogen (secondary N) is 3. The van der Waals surface area contributed by atoms with Gasteiger partial charge in [0.1, 0.15) is 16.5 Å². The average Bonchev–Trinajstić information content (AvgIpc) is 3.24. The number of rotatable bonds is 9. The Morgan fingerprint density at radius 1 is 0.947 bits per heavy atom. The molecule has 38 heavy (non-hydrogen) atoms. The van der Waals surface area contributed by atoms with Gasteiger partial charge in [0.15, 0.2) is 5.13 Å². The van der Waals surface area contributed by atoms with Gasteiger partial charge < -0.3 is 29.9 Å². The third-order valence-electron chi connectivity index (χ3n) is 5.74. The molecule has 3 N–H and O–H groups in total. The number of carbonyl (C=O) groups excluding carboxylic acids is 4. The molecule has 0 aromatic carbocycles. The van der Waals surface area contributed by atoms with Crippen molar-refractivity contribution >= 4 is 57.8 Å². The van der Waals surface area contributed by atoms with E-state index in [1.165, 1.54) is 0 Å². The zero-order valence-corrected chi connectivity index (χ0v) is 22.3. The van der Waals surface area contributed by atoms with E-state index in [-0.39, 0.29) is 50.5 Å². The molecule has 0 aliphatic carbocycles. The summed E-state index contributed by atoms with van der Waals surface area (Å²) in [7, 11) is 0. The van der Waals surface area contributed by atoms with Crippen LogP contribution < -0.4 is 25.8 Å². The van der Waals surface area contributed by atoms with E-state index in [9.17, 15) is 19.2 Å². The Morgan fingerprint density at radius 2 is 1.53 bits per heavy atom. The van der Waals surface area contributed by atoms with Crippen LogP contribution in [0.4, 0.5) is 22.7 Å². The Bertz CT molecular complexity index is 1190. The molecule has 2 aliphatic heterocycles. The van der Waals surface area contributed by atoms with Crippen molar-refractivity contribution in [2.75, 3.05) is 67.6 Å². The fraction of sp³-hybridized carbons (Fsp3) is 0.522. The highest BCUT2D eigenvalue weighted by Gasteiger charge is 2.30. The summed E-state index contributed by atoms with van der Waals surface area (Å²) in [5.41, 5.74) is 0.955. The molecule has 0 unspecified atom stereocenters. The zero-order valence-electron chi connectivity index (χ0n) is 21.5. The second kappa shape index (κ2) is 12.0. The Balaban J connectivity index is 1.79. The lowest BCUT2D eigenvalue weighted by Crippen LogP contribution is -2.50. The van der Waals surface area contributed by atoms with Crippen LogP contribution in [0.5, 0.6) is 0 Å². The third-order valence-corrected chi connectivity index (χ3v) is 6.79. The summed E-state index contributed by atoms with van der Waals surface area (Å²) in [6.07, 6.45) is -0.140. The van der Waals surface area contributed by atoms with Crippen molar-refractivity contribution in [2.45, 2.75) is 27.2 Å². The lowest BCUT2D eigenvalue weighted by Gasteiger charge is -2.33. The van der Waals surface area contributed by atoms with Gasteiger partial charge in [-0.15, -0.1) is 0 Å². The number of aromatic nitrogens is 3. The van der Waals surface area contributed by atoms with Crippen LogP contribution in [0.1, 0.15) is 34.8 Å². The van der Waals surface area contributed by atoms with E-state index in [2.05, 4.69) is 30.9 Å². The van der Waals surface area contributed by atoms with Gasteiger partial charge in [-0.05, 0) is 20.8 Å². The van der Waals surface area contributed by atoms with Crippen molar-refractivity contribution in [3.05, 3.63) is 16.1 Å². The number of amides is 2. The second-order valence-corrected chi connectivity index (χ2v) is 9.48. The van der Waals surface area contributed by atoms with Crippen molar-refractivity contribution in [3.8, 4) is 0 Å². The monoisotopic (exact) mass is 546 g/mol. The molecular weight excluding hydrogens is 516 g/mol. The number of hydrogen-bond donors (Lipinski definition) is 3. The standard InChI is InChI=1S/C23H30N8O6S/c1-4-36-17(34)10-14-19(30-8-6-24-15(32)11-30)27-22(28-20(14)31-9-7-25-16(33)12-31)29-23-26-13(3)18(38-23)21(35)37-5-2/h4-12H2,1-3H3,(H,24,32)(H,25,33)(H,26,27,28,29).